The molecule has 2 unspecified atom stereocenters. The Morgan fingerprint density at radius 2 is 2.22 bits per heavy atom. The zero-order valence-electron chi connectivity index (χ0n) is 11.0. The Morgan fingerprint density at radius 3 is 3.00 bits per heavy atom. The van der Waals surface area contributed by atoms with Gasteiger partial charge >= 0.3 is 0 Å². The number of anilines is 1. The van der Waals surface area contributed by atoms with E-state index in [4.69, 9.17) is 5.73 Å². The summed E-state index contributed by atoms with van der Waals surface area (Å²) in [4.78, 5) is 3.93. The molecule has 1 aliphatic carbocycles. The molecular weight excluding hydrogens is 228 g/mol. The van der Waals surface area contributed by atoms with Gasteiger partial charge in [0.1, 0.15) is 12.1 Å². The second-order valence-electron chi connectivity index (χ2n) is 4.98. The smallest absolute Gasteiger partial charge is 0.150 e. The highest BCUT2D eigenvalue weighted by Crippen LogP contribution is 2.34. The maximum Gasteiger partial charge on any atom is 0.150 e. The van der Waals surface area contributed by atoms with E-state index in [-0.39, 0.29) is 0 Å². The quantitative estimate of drug-likeness (QED) is 0.816. The van der Waals surface area contributed by atoms with Crippen LogP contribution in [0.4, 0.5) is 5.82 Å². The molecule has 0 aromatic carbocycles. The first-order valence-electron chi connectivity index (χ1n) is 6.37. The predicted molar refractivity (Wildman–Crippen MR) is 69.0 cm³/mol. The third-order valence-corrected chi connectivity index (χ3v) is 3.41. The molecule has 1 heterocycles. The van der Waals surface area contributed by atoms with Gasteiger partial charge in [0.25, 0.3) is 0 Å². The van der Waals surface area contributed by atoms with Crippen LogP contribution in [-0.4, -0.2) is 25.0 Å². The number of rotatable bonds is 1. The van der Waals surface area contributed by atoms with Crippen LogP contribution < -0.4 is 5.73 Å². The zero-order chi connectivity index (χ0) is 13.0. The zero-order valence-corrected chi connectivity index (χ0v) is 11.0. The average Bonchev–Trinajstić information content (AvgIpc) is 2.41. The molecule has 2 N–H and O–H groups in total. The van der Waals surface area contributed by atoms with Crippen LogP contribution in [0.15, 0.2) is 12.5 Å². The first kappa shape index (κ1) is 12.7. The molecule has 98 valence electrons. The Morgan fingerprint density at radius 1 is 1.39 bits per heavy atom. The Hall–Kier alpha value is -1.72. The Kier molecular flexibility index (Phi) is 4.07. The third-order valence-electron chi connectivity index (χ3n) is 3.41. The summed E-state index contributed by atoms with van der Waals surface area (Å²) in [5.74, 6) is 2.38. The van der Waals surface area contributed by atoms with Gasteiger partial charge in [0.2, 0.25) is 0 Å². The third kappa shape index (κ3) is 3.15. The van der Waals surface area contributed by atoms with Gasteiger partial charge < -0.3 is 5.73 Å². The van der Waals surface area contributed by atoms with Crippen molar-refractivity contribution in [3.63, 3.8) is 0 Å². The van der Waals surface area contributed by atoms with Crippen molar-refractivity contribution in [3.8, 4) is 0 Å². The molecular formula is C12H20N6. The van der Waals surface area contributed by atoms with Gasteiger partial charge in [-0.25, -0.2) is 4.98 Å². The molecule has 0 spiro atoms. The van der Waals surface area contributed by atoms with E-state index in [2.05, 4.69) is 27.2 Å². The van der Waals surface area contributed by atoms with Gasteiger partial charge in [-0.3, -0.25) is 4.68 Å². The first-order valence-corrected chi connectivity index (χ1v) is 6.37. The maximum absolute atomic E-state index is 5.59. The monoisotopic (exact) mass is 248 g/mol. The maximum atomic E-state index is 5.59. The highest BCUT2D eigenvalue weighted by atomic mass is 15.3. The molecule has 6 nitrogen and oxygen atoms in total. The van der Waals surface area contributed by atoms with Crippen LogP contribution in [0.25, 0.3) is 0 Å². The molecule has 0 radical (unpaired) electrons. The second kappa shape index (κ2) is 5.75. The van der Waals surface area contributed by atoms with E-state index in [9.17, 15) is 0 Å². The van der Waals surface area contributed by atoms with Gasteiger partial charge in [0.15, 0.2) is 5.82 Å². The van der Waals surface area contributed by atoms with Crippen molar-refractivity contribution >= 4 is 5.82 Å². The Balaban J connectivity index is 2.37. The molecule has 18 heavy (non-hydrogen) atoms. The number of hydrogen-bond acceptors (Lipinski definition) is 5. The number of nitrogens with zero attached hydrogens (tertiary/aromatic N) is 5. The van der Waals surface area contributed by atoms with Gasteiger partial charge in [0, 0.05) is 13.0 Å². The second-order valence-corrected chi connectivity index (χ2v) is 4.98. The number of nitrogen functional groups attached to an aromatic ring is 1. The van der Waals surface area contributed by atoms with Crippen LogP contribution >= 0.6 is 0 Å². The minimum Gasteiger partial charge on any atom is -0.382 e. The van der Waals surface area contributed by atoms with Crippen LogP contribution in [-0.2, 0) is 7.05 Å². The van der Waals surface area contributed by atoms with Crippen molar-refractivity contribution < 1.29 is 0 Å². The first-order chi connectivity index (χ1) is 8.66. The Labute approximate surface area is 107 Å². The van der Waals surface area contributed by atoms with E-state index < -0.39 is 0 Å². The molecule has 0 amide bonds. The normalized spacial score (nSPS) is 23.4. The lowest BCUT2D eigenvalue weighted by molar-refractivity contribution is 0.324. The van der Waals surface area contributed by atoms with E-state index >= 15 is 0 Å². The Bertz CT molecular complexity index is 454. The minimum atomic E-state index is 0.314. The van der Waals surface area contributed by atoms with Crippen LogP contribution in [0.2, 0.25) is 0 Å². The van der Waals surface area contributed by atoms with E-state index in [1.165, 1.54) is 25.4 Å². The van der Waals surface area contributed by atoms with Crippen LogP contribution in [0.5, 0.6) is 0 Å². The summed E-state index contributed by atoms with van der Waals surface area (Å²) in [6.07, 6.45) is 7.73. The summed E-state index contributed by atoms with van der Waals surface area (Å²) >= 11 is 0. The van der Waals surface area contributed by atoms with E-state index in [1.54, 1.807) is 4.68 Å². The predicted octanol–water partition coefficient (Wildman–Crippen LogP) is 1.61. The lowest BCUT2D eigenvalue weighted by atomic mass is 9.82. The highest BCUT2D eigenvalue weighted by molar-refractivity contribution is 5.18. The summed E-state index contributed by atoms with van der Waals surface area (Å²) in [5, 5.41) is 12.5. The van der Waals surface area contributed by atoms with Crippen molar-refractivity contribution in [2.75, 3.05) is 5.73 Å². The number of aromatic nitrogens is 5. The van der Waals surface area contributed by atoms with Crippen molar-refractivity contribution in [1.29, 1.82) is 0 Å². The lowest BCUT2D eigenvalue weighted by Gasteiger charge is -2.25. The van der Waals surface area contributed by atoms with Crippen molar-refractivity contribution in [3.05, 3.63) is 18.3 Å². The van der Waals surface area contributed by atoms with Gasteiger partial charge in [-0.05, 0) is 18.8 Å². The van der Waals surface area contributed by atoms with Gasteiger partial charge in [-0.2, -0.15) is 10.2 Å². The van der Waals surface area contributed by atoms with Gasteiger partial charge in [0.05, 0.1) is 6.20 Å². The molecule has 0 bridgehead atoms. The molecule has 1 saturated carbocycles. The fourth-order valence-corrected chi connectivity index (χ4v) is 2.49. The molecule has 0 saturated heterocycles. The lowest BCUT2D eigenvalue weighted by Crippen LogP contribution is -2.17. The van der Waals surface area contributed by atoms with Crippen LogP contribution in [0, 0.1) is 5.92 Å². The summed E-state index contributed by atoms with van der Waals surface area (Å²) in [6.45, 7) is 2.29. The van der Waals surface area contributed by atoms with E-state index in [0.717, 1.165) is 24.6 Å². The van der Waals surface area contributed by atoms with E-state index in [0.29, 0.717) is 11.7 Å². The highest BCUT2D eigenvalue weighted by Gasteiger charge is 2.23. The summed E-state index contributed by atoms with van der Waals surface area (Å²) in [7, 11) is 1.88. The molecule has 2 rings (SSSR count). The van der Waals surface area contributed by atoms with Crippen molar-refractivity contribution in [2.24, 2.45) is 13.0 Å². The molecule has 6 heteroatoms. The SMILES string of the molecule is CC1CCCC(c2nncc(N)ncnn2C)C1. The van der Waals surface area contributed by atoms with Crippen LogP contribution in [0.3, 0.4) is 0 Å². The fourth-order valence-electron chi connectivity index (χ4n) is 2.49. The van der Waals surface area contributed by atoms with Crippen LogP contribution in [0.1, 0.15) is 44.3 Å². The molecule has 1 fully saturated rings. The van der Waals surface area contributed by atoms with Gasteiger partial charge in [-0.15, -0.1) is 5.10 Å². The van der Waals surface area contributed by atoms with Crippen molar-refractivity contribution in [1.82, 2.24) is 25.0 Å². The van der Waals surface area contributed by atoms with E-state index in [1.807, 2.05) is 7.05 Å². The number of aryl methyl sites for hydroxylation is 1. The summed E-state index contributed by atoms with van der Waals surface area (Å²) in [5.41, 5.74) is 5.59. The fraction of sp³-hybridized carbons (Fsp3) is 0.667. The number of nitrogens with two attached hydrogens (primary N) is 1. The largest absolute Gasteiger partial charge is 0.382 e. The molecule has 0 aliphatic heterocycles. The average molecular weight is 248 g/mol. The van der Waals surface area contributed by atoms with Gasteiger partial charge in [-0.1, -0.05) is 19.8 Å². The summed E-state index contributed by atoms with van der Waals surface area (Å²) < 4.78 is 1.75. The molecule has 2 atom stereocenters. The summed E-state index contributed by atoms with van der Waals surface area (Å²) in [6, 6.07) is 0. The van der Waals surface area contributed by atoms with Crippen molar-refractivity contribution in [2.45, 2.75) is 38.5 Å². The molecule has 1 aromatic heterocycles. The standard InChI is InChI=1S/C12H20N6/c1-9-4-3-5-10(6-9)12-17-15-7-11(13)14-8-16-18(12)2/h7-10H,3-6H2,1-2H3,(H2,13,14,16). The minimum absolute atomic E-state index is 0.314. The topological polar surface area (TPSA) is 82.5 Å². The number of hydrogen-bond donors (Lipinski definition) is 1. The molecule has 1 aromatic rings. The molecule has 1 aliphatic rings.